The highest BCUT2D eigenvalue weighted by Crippen LogP contribution is 2.35. The van der Waals surface area contributed by atoms with Crippen LogP contribution in [0.25, 0.3) is 10.9 Å². The van der Waals surface area contributed by atoms with E-state index < -0.39 is 23.0 Å². The summed E-state index contributed by atoms with van der Waals surface area (Å²) in [6, 6.07) is 0.669. The predicted octanol–water partition coefficient (Wildman–Crippen LogP) is 2.25. The second-order valence-electron chi connectivity index (χ2n) is 5.34. The molecule has 1 aliphatic rings. The second kappa shape index (κ2) is 5.08. The molecule has 0 bridgehead atoms. The largest absolute Gasteiger partial charge is 0.486 e. The van der Waals surface area contributed by atoms with Crippen LogP contribution in [0.3, 0.4) is 0 Å². The Balaban J connectivity index is 2.32. The maximum absolute atomic E-state index is 13.9. The van der Waals surface area contributed by atoms with Gasteiger partial charge in [0.2, 0.25) is 5.82 Å². The summed E-state index contributed by atoms with van der Waals surface area (Å²) >= 11 is 0. The van der Waals surface area contributed by atoms with E-state index in [-0.39, 0.29) is 47.7 Å². The summed E-state index contributed by atoms with van der Waals surface area (Å²) in [7, 11) is 0. The van der Waals surface area contributed by atoms with E-state index in [0.717, 1.165) is 6.07 Å². The Morgan fingerprint density at radius 2 is 2.23 bits per heavy atom. The monoisotopic (exact) mass is 309 g/mol. The van der Waals surface area contributed by atoms with Crippen LogP contribution >= 0.6 is 0 Å². The minimum atomic E-state index is -1.16. The van der Waals surface area contributed by atoms with E-state index in [1.807, 2.05) is 6.92 Å². The number of nitrogens with zero attached hydrogens (tertiary/aromatic N) is 1. The average Bonchev–Trinajstić information content (AvgIpc) is 2.47. The van der Waals surface area contributed by atoms with Crippen molar-refractivity contribution >= 4 is 16.9 Å². The van der Waals surface area contributed by atoms with E-state index in [1.54, 1.807) is 4.57 Å². The lowest BCUT2D eigenvalue weighted by Gasteiger charge is -2.27. The number of hydrogen-bond acceptors (Lipinski definition) is 3. The first-order valence-electron chi connectivity index (χ1n) is 6.80. The first-order valence-corrected chi connectivity index (χ1v) is 6.80. The molecule has 1 aliphatic heterocycles. The summed E-state index contributed by atoms with van der Waals surface area (Å²) in [6.45, 7) is 1.96. The molecule has 0 radical (unpaired) electrons. The Hall–Kier alpha value is -2.44. The molecule has 2 aromatic rings. The van der Waals surface area contributed by atoms with Gasteiger partial charge in [-0.3, -0.25) is 9.59 Å². The number of aryl methyl sites for hydroxylation is 1. The number of ether oxygens (including phenoxy) is 1. The van der Waals surface area contributed by atoms with E-state index in [1.165, 1.54) is 6.20 Å². The number of carbonyl (C=O) groups is 1. The zero-order chi connectivity index (χ0) is 16.0. The highest BCUT2D eigenvalue weighted by molar-refractivity contribution is 5.86. The van der Waals surface area contributed by atoms with Crippen LogP contribution in [0.4, 0.5) is 8.78 Å². The molecule has 1 aromatic heterocycles. The van der Waals surface area contributed by atoms with Gasteiger partial charge in [0.15, 0.2) is 17.0 Å². The van der Waals surface area contributed by atoms with Crippen LogP contribution in [0.1, 0.15) is 24.9 Å². The predicted molar refractivity (Wildman–Crippen MR) is 74.3 cm³/mol. The van der Waals surface area contributed by atoms with Crippen molar-refractivity contribution in [2.24, 2.45) is 0 Å². The van der Waals surface area contributed by atoms with Gasteiger partial charge in [-0.05, 0) is 19.4 Å². The van der Waals surface area contributed by atoms with E-state index in [4.69, 9.17) is 9.84 Å². The maximum atomic E-state index is 13.9. The summed E-state index contributed by atoms with van der Waals surface area (Å²) in [5.41, 5.74) is -0.0207. The fraction of sp³-hybridized carbons (Fsp3) is 0.333. The third kappa shape index (κ3) is 2.13. The summed E-state index contributed by atoms with van der Waals surface area (Å²) < 4.78 is 34.4. The number of aliphatic carboxylic acids is 1. The molecule has 1 aromatic carbocycles. The van der Waals surface area contributed by atoms with Crippen LogP contribution in [-0.4, -0.2) is 22.2 Å². The fourth-order valence-electron chi connectivity index (χ4n) is 2.67. The van der Waals surface area contributed by atoms with Gasteiger partial charge in [0, 0.05) is 18.2 Å². The van der Waals surface area contributed by atoms with Crippen molar-refractivity contribution in [2.75, 3.05) is 6.61 Å². The van der Waals surface area contributed by atoms with Crippen molar-refractivity contribution in [3.63, 3.8) is 0 Å². The molecule has 0 fully saturated rings. The molecule has 2 heterocycles. The second-order valence-corrected chi connectivity index (χ2v) is 5.34. The van der Waals surface area contributed by atoms with E-state index in [0.29, 0.717) is 0 Å². The molecule has 0 saturated heterocycles. The highest BCUT2D eigenvalue weighted by Gasteiger charge is 2.26. The van der Waals surface area contributed by atoms with Gasteiger partial charge in [-0.15, -0.1) is 0 Å². The molecule has 7 heteroatoms. The first kappa shape index (κ1) is 14.5. The highest BCUT2D eigenvalue weighted by atomic mass is 19.2. The van der Waals surface area contributed by atoms with Crippen molar-refractivity contribution in [2.45, 2.75) is 25.8 Å². The third-order valence-corrected chi connectivity index (χ3v) is 3.79. The molecule has 0 aliphatic carbocycles. The SMILES string of the molecule is C[C@H]1COc2c(F)c(F)cc3c(=O)c(CCC(=O)O)cn1c23. The number of carboxylic acids is 1. The molecule has 116 valence electrons. The number of aromatic nitrogens is 1. The molecule has 22 heavy (non-hydrogen) atoms. The van der Waals surface area contributed by atoms with Gasteiger partial charge < -0.3 is 14.4 Å². The minimum Gasteiger partial charge on any atom is -0.486 e. The summed E-state index contributed by atoms with van der Waals surface area (Å²) in [6.07, 6.45) is 1.34. The van der Waals surface area contributed by atoms with Crippen LogP contribution in [0, 0.1) is 11.6 Å². The van der Waals surface area contributed by atoms with Gasteiger partial charge in [-0.2, -0.15) is 4.39 Å². The fourth-order valence-corrected chi connectivity index (χ4v) is 2.67. The molecule has 0 amide bonds. The van der Waals surface area contributed by atoms with Gasteiger partial charge in [0.1, 0.15) is 6.61 Å². The molecular weight excluding hydrogens is 296 g/mol. The zero-order valence-electron chi connectivity index (χ0n) is 11.7. The molecule has 1 N–H and O–H groups in total. The Kier molecular flexibility index (Phi) is 3.35. The minimum absolute atomic E-state index is 0.00309. The molecule has 0 saturated carbocycles. The van der Waals surface area contributed by atoms with Gasteiger partial charge in [-0.1, -0.05) is 0 Å². The van der Waals surface area contributed by atoms with Crippen molar-refractivity contribution in [1.82, 2.24) is 4.57 Å². The first-order chi connectivity index (χ1) is 10.4. The van der Waals surface area contributed by atoms with Crippen molar-refractivity contribution in [3.8, 4) is 5.75 Å². The number of halogens is 2. The Morgan fingerprint density at radius 1 is 1.50 bits per heavy atom. The third-order valence-electron chi connectivity index (χ3n) is 3.79. The number of carboxylic acid groups (broad SMARTS) is 1. The standard InChI is InChI=1S/C15H13F2NO4/c1-7-6-22-15-12(17)10(16)4-9-13(15)18(7)5-8(14(9)21)2-3-11(19)20/h4-5,7H,2-3,6H2,1H3,(H,19,20)/t7-/m0/s1. The lowest BCUT2D eigenvalue weighted by Crippen LogP contribution is -2.26. The van der Waals surface area contributed by atoms with Gasteiger partial charge in [0.05, 0.1) is 16.9 Å². The maximum Gasteiger partial charge on any atom is 0.303 e. The topological polar surface area (TPSA) is 68.5 Å². The Bertz CT molecular complexity index is 844. The summed E-state index contributed by atoms with van der Waals surface area (Å²) in [4.78, 5) is 23.1. The van der Waals surface area contributed by atoms with Crippen LogP contribution in [-0.2, 0) is 11.2 Å². The van der Waals surface area contributed by atoms with Crippen LogP contribution in [0.15, 0.2) is 17.1 Å². The van der Waals surface area contributed by atoms with E-state index >= 15 is 0 Å². The number of rotatable bonds is 3. The molecule has 1 atom stereocenters. The van der Waals surface area contributed by atoms with Crippen LogP contribution < -0.4 is 10.2 Å². The number of hydrogen-bond donors (Lipinski definition) is 1. The Morgan fingerprint density at radius 3 is 2.91 bits per heavy atom. The lowest BCUT2D eigenvalue weighted by molar-refractivity contribution is -0.136. The number of pyridine rings is 1. The number of benzene rings is 1. The van der Waals surface area contributed by atoms with Gasteiger partial charge >= 0.3 is 5.97 Å². The van der Waals surface area contributed by atoms with Crippen LogP contribution in [0.5, 0.6) is 5.75 Å². The quantitative estimate of drug-likeness (QED) is 0.944. The summed E-state index contributed by atoms with van der Waals surface area (Å²) in [5.74, 6) is -3.57. The smallest absolute Gasteiger partial charge is 0.303 e. The zero-order valence-corrected chi connectivity index (χ0v) is 11.7. The van der Waals surface area contributed by atoms with Gasteiger partial charge in [-0.25, -0.2) is 4.39 Å². The van der Waals surface area contributed by atoms with Crippen molar-refractivity contribution < 1.29 is 23.4 Å². The average molecular weight is 309 g/mol. The van der Waals surface area contributed by atoms with E-state index in [9.17, 15) is 18.4 Å². The molecule has 0 unspecified atom stereocenters. The molecule has 5 nitrogen and oxygen atoms in total. The van der Waals surface area contributed by atoms with Crippen molar-refractivity contribution in [3.05, 3.63) is 39.7 Å². The molecular formula is C15H13F2NO4. The van der Waals surface area contributed by atoms with E-state index in [2.05, 4.69) is 0 Å². The van der Waals surface area contributed by atoms with Crippen molar-refractivity contribution in [1.29, 1.82) is 0 Å². The lowest BCUT2D eigenvalue weighted by atomic mass is 10.0. The molecule has 3 rings (SSSR count). The van der Waals surface area contributed by atoms with Gasteiger partial charge in [0.25, 0.3) is 0 Å². The molecule has 0 spiro atoms. The summed E-state index contributed by atoms with van der Waals surface area (Å²) in [5, 5.41) is 8.76. The normalized spacial score (nSPS) is 16.6. The van der Waals surface area contributed by atoms with Crippen LogP contribution in [0.2, 0.25) is 0 Å². The Labute approximate surface area is 123 Å².